The third-order valence-corrected chi connectivity index (χ3v) is 6.41. The number of nitrogens with zero attached hydrogens (tertiary/aromatic N) is 5. The second kappa shape index (κ2) is 10.8. The van der Waals surface area contributed by atoms with E-state index in [0.717, 1.165) is 12.3 Å². The molecule has 1 atom stereocenters. The number of hydrogen-bond donors (Lipinski definition) is 2. The van der Waals surface area contributed by atoms with Gasteiger partial charge in [0.15, 0.2) is 5.82 Å². The fourth-order valence-electron chi connectivity index (χ4n) is 3.49. The van der Waals surface area contributed by atoms with Crippen molar-refractivity contribution in [2.75, 3.05) is 31.8 Å². The van der Waals surface area contributed by atoms with Crippen molar-refractivity contribution >= 4 is 16.0 Å². The van der Waals surface area contributed by atoms with Crippen LogP contribution in [0.3, 0.4) is 0 Å². The van der Waals surface area contributed by atoms with E-state index in [2.05, 4.69) is 24.9 Å². The molecule has 0 radical (unpaired) electrons. The van der Waals surface area contributed by atoms with E-state index >= 15 is 0 Å². The number of sulfonamides is 1. The Bertz CT molecular complexity index is 1470. The average molecular weight is 531 g/mol. The maximum absolute atomic E-state index is 13.2. The number of hydrogen-bond acceptors (Lipinski definition) is 10. The van der Waals surface area contributed by atoms with Gasteiger partial charge in [0.2, 0.25) is 21.9 Å². The minimum Gasteiger partial charge on any atom is -0.494 e. The number of methoxy groups -OCH3 is 3. The number of aliphatic hydroxyl groups excluding tert-OH is 1. The van der Waals surface area contributed by atoms with Gasteiger partial charge in [0.1, 0.15) is 40.6 Å². The fourth-order valence-corrected chi connectivity index (χ4v) is 4.57. The van der Waals surface area contributed by atoms with Crippen LogP contribution < -0.4 is 18.9 Å². The molecule has 2 N–H and O–H groups in total. The van der Waals surface area contributed by atoms with Gasteiger partial charge in [-0.25, -0.2) is 17.8 Å². The van der Waals surface area contributed by atoms with Gasteiger partial charge in [-0.3, -0.25) is 14.3 Å². The highest BCUT2D eigenvalue weighted by molar-refractivity contribution is 7.92. The molecule has 0 aliphatic rings. The van der Waals surface area contributed by atoms with Gasteiger partial charge in [-0.05, 0) is 30.3 Å². The van der Waals surface area contributed by atoms with Crippen LogP contribution >= 0.6 is 0 Å². The van der Waals surface area contributed by atoms with E-state index < -0.39 is 27.7 Å². The minimum atomic E-state index is -4.23. The number of nitrogens with one attached hydrogen (secondary N) is 1. The van der Waals surface area contributed by atoms with Crippen molar-refractivity contribution in [2.24, 2.45) is 0 Å². The number of aromatic nitrogens is 5. The lowest BCUT2D eigenvalue weighted by Gasteiger charge is -2.18. The van der Waals surface area contributed by atoms with E-state index in [-0.39, 0.29) is 17.5 Å². The maximum atomic E-state index is 13.2. The van der Waals surface area contributed by atoms with Gasteiger partial charge in [0.25, 0.3) is 0 Å². The number of pyridine rings is 2. The Morgan fingerprint density at radius 3 is 2.32 bits per heavy atom. The zero-order chi connectivity index (χ0) is 26.6. The van der Waals surface area contributed by atoms with Gasteiger partial charge in [-0.15, -0.1) is 10.2 Å². The van der Waals surface area contributed by atoms with E-state index in [1.165, 1.54) is 32.0 Å². The Morgan fingerprint density at radius 1 is 1.00 bits per heavy atom. The summed E-state index contributed by atoms with van der Waals surface area (Å²) in [6.07, 6.45) is -0.647. The number of ether oxygens (including phenoxy) is 3. The summed E-state index contributed by atoms with van der Waals surface area (Å²) in [7, 11) is 0.125. The molecule has 1 aromatic carbocycles. The van der Waals surface area contributed by atoms with Gasteiger partial charge in [0.05, 0.1) is 33.2 Å². The molecular weight excluding hydrogens is 507 g/mol. The van der Waals surface area contributed by atoms with Crippen molar-refractivity contribution < 1.29 is 32.1 Å². The monoisotopic (exact) mass is 530 g/mol. The van der Waals surface area contributed by atoms with E-state index in [9.17, 15) is 17.9 Å². The summed E-state index contributed by atoms with van der Waals surface area (Å²) < 4.78 is 59.2. The molecule has 0 aliphatic heterocycles. The van der Waals surface area contributed by atoms with E-state index in [1.807, 2.05) is 0 Å². The third-order valence-electron chi connectivity index (χ3n) is 5.17. The quantitative estimate of drug-likeness (QED) is 0.313. The number of benzene rings is 1. The van der Waals surface area contributed by atoms with Crippen LogP contribution in [0.1, 0.15) is 11.8 Å². The predicted octanol–water partition coefficient (Wildman–Crippen LogP) is 2.36. The average Bonchev–Trinajstić information content (AvgIpc) is 3.30. The van der Waals surface area contributed by atoms with Crippen molar-refractivity contribution in [1.82, 2.24) is 24.7 Å². The molecule has 0 saturated heterocycles. The van der Waals surface area contributed by atoms with Gasteiger partial charge in [-0.2, -0.15) is 0 Å². The predicted molar refractivity (Wildman–Crippen MR) is 131 cm³/mol. The Labute approximate surface area is 211 Å². The maximum Gasteiger partial charge on any atom is 0.243 e. The molecule has 0 fully saturated rings. The normalized spacial score (nSPS) is 12.1. The smallest absolute Gasteiger partial charge is 0.243 e. The van der Waals surface area contributed by atoms with Crippen molar-refractivity contribution in [3.63, 3.8) is 0 Å². The highest BCUT2D eigenvalue weighted by atomic mass is 32.2. The molecule has 194 valence electrons. The SMILES string of the molecule is COc1cccc(-c2nnc(NS(=O)(=O)C[C@@H](O)c3ccc(F)cn3)n2-c2c(OC)cccc2OC)n1. The van der Waals surface area contributed by atoms with E-state index in [0.29, 0.717) is 28.8 Å². The second-order valence-corrected chi connectivity index (χ2v) is 9.33. The highest BCUT2D eigenvalue weighted by Gasteiger charge is 2.27. The fraction of sp³-hybridized carbons (Fsp3) is 0.217. The molecule has 0 amide bonds. The Morgan fingerprint density at radius 2 is 1.70 bits per heavy atom. The first-order chi connectivity index (χ1) is 17.8. The van der Waals surface area contributed by atoms with Crippen LogP contribution in [-0.4, -0.2) is 65.3 Å². The lowest BCUT2D eigenvalue weighted by atomic mass is 10.2. The van der Waals surface area contributed by atoms with Gasteiger partial charge in [-0.1, -0.05) is 12.1 Å². The lowest BCUT2D eigenvalue weighted by molar-refractivity contribution is 0.196. The van der Waals surface area contributed by atoms with Crippen molar-refractivity contribution in [3.05, 3.63) is 66.2 Å². The number of halogens is 1. The first kappa shape index (κ1) is 25.8. The number of para-hydroxylation sites is 1. The van der Waals surface area contributed by atoms with Crippen LogP contribution in [0, 0.1) is 5.82 Å². The van der Waals surface area contributed by atoms with Gasteiger partial charge < -0.3 is 19.3 Å². The van der Waals surface area contributed by atoms with Crippen LogP contribution in [0.4, 0.5) is 10.3 Å². The molecule has 4 rings (SSSR count). The summed E-state index contributed by atoms with van der Waals surface area (Å²) >= 11 is 0. The lowest BCUT2D eigenvalue weighted by Crippen LogP contribution is -2.24. The van der Waals surface area contributed by atoms with E-state index in [1.54, 1.807) is 36.4 Å². The highest BCUT2D eigenvalue weighted by Crippen LogP contribution is 2.37. The summed E-state index contributed by atoms with van der Waals surface area (Å²) in [4.78, 5) is 8.12. The first-order valence-electron chi connectivity index (χ1n) is 10.7. The molecular formula is C23H23FN6O6S. The largest absolute Gasteiger partial charge is 0.494 e. The molecule has 12 nitrogen and oxygen atoms in total. The number of rotatable bonds is 10. The third kappa shape index (κ3) is 5.59. The molecule has 3 heterocycles. The molecule has 37 heavy (non-hydrogen) atoms. The van der Waals surface area contributed by atoms with Crippen LogP contribution in [0.15, 0.2) is 54.7 Å². The minimum absolute atomic E-state index is 0.0130. The van der Waals surface area contributed by atoms with Crippen molar-refractivity contribution in [1.29, 1.82) is 0 Å². The van der Waals surface area contributed by atoms with Crippen LogP contribution in [0.25, 0.3) is 17.2 Å². The summed E-state index contributed by atoms with van der Waals surface area (Å²) in [6, 6.07) is 12.3. The molecule has 0 bridgehead atoms. The molecule has 3 aromatic heterocycles. The zero-order valence-electron chi connectivity index (χ0n) is 20.0. The Kier molecular flexibility index (Phi) is 7.50. The molecule has 14 heteroatoms. The first-order valence-corrected chi connectivity index (χ1v) is 12.4. The van der Waals surface area contributed by atoms with Crippen LogP contribution in [0.2, 0.25) is 0 Å². The summed E-state index contributed by atoms with van der Waals surface area (Å²) in [5, 5.41) is 18.6. The Balaban J connectivity index is 1.80. The molecule has 0 saturated carbocycles. The van der Waals surface area contributed by atoms with Crippen LogP contribution in [0.5, 0.6) is 17.4 Å². The number of anilines is 1. The zero-order valence-corrected chi connectivity index (χ0v) is 20.8. The standard InChI is InChI=1S/C23H23FN6O6S/c1-34-18-7-5-8-19(35-2)21(18)30-22(16-6-4-9-20(26-16)36-3)27-28-23(30)29-37(32,33)13-17(31)15-11-10-14(24)12-25-15/h4-12,17,31H,13H2,1-3H3,(H,28,29)/t17-/m1/s1. The van der Waals surface area contributed by atoms with Crippen molar-refractivity contribution in [2.45, 2.75) is 6.10 Å². The molecule has 4 aromatic rings. The Hall–Kier alpha value is -4.30. The van der Waals surface area contributed by atoms with Crippen LogP contribution in [-0.2, 0) is 10.0 Å². The summed E-state index contributed by atoms with van der Waals surface area (Å²) in [5.74, 6) is -0.500. The second-order valence-electron chi connectivity index (χ2n) is 7.56. The topological polar surface area (TPSA) is 151 Å². The van der Waals surface area contributed by atoms with Crippen molar-refractivity contribution in [3.8, 4) is 34.6 Å². The van der Waals surface area contributed by atoms with E-state index in [4.69, 9.17) is 14.2 Å². The van der Waals surface area contributed by atoms with Gasteiger partial charge in [0, 0.05) is 6.07 Å². The molecule has 0 spiro atoms. The van der Waals surface area contributed by atoms with Gasteiger partial charge >= 0.3 is 0 Å². The summed E-state index contributed by atoms with van der Waals surface area (Å²) in [6.45, 7) is 0. The summed E-state index contributed by atoms with van der Waals surface area (Å²) in [5.41, 5.74) is 0.609. The molecule has 0 unspecified atom stereocenters. The number of aliphatic hydroxyl groups is 1. The molecule has 0 aliphatic carbocycles.